The lowest BCUT2D eigenvalue weighted by atomic mass is 10.1. The summed E-state index contributed by atoms with van der Waals surface area (Å²) >= 11 is 0. The molecule has 5 aromatic rings. The monoisotopic (exact) mass is 507 g/mol. The van der Waals surface area contributed by atoms with Crippen molar-refractivity contribution >= 4 is 17.4 Å². The number of carbonyl (C=O) groups excluding carboxylic acids is 1. The van der Waals surface area contributed by atoms with Crippen LogP contribution in [0, 0.1) is 6.92 Å². The smallest absolute Gasteiger partial charge is 0.337 e. The lowest BCUT2D eigenvalue weighted by Crippen LogP contribution is -2.16. The van der Waals surface area contributed by atoms with Gasteiger partial charge in [0.1, 0.15) is 23.8 Å². The standard InChI is InChI=1S/C31H29N3O4/c1-22-15-16-34-28(17-22)33-30(31(34)32-19-23-9-5-3-6-10-23)25-13-14-26(27(18-25)36-2)38-29(35)21-37-20-24-11-7-4-8-12-24/h3-18,32H,19-21H2,1-2H3. The van der Waals surface area contributed by atoms with Crippen molar-refractivity contribution in [2.45, 2.75) is 20.1 Å². The van der Waals surface area contributed by atoms with Crippen molar-refractivity contribution in [3.63, 3.8) is 0 Å². The Kier molecular flexibility index (Phi) is 7.66. The van der Waals surface area contributed by atoms with Crippen LogP contribution < -0.4 is 14.8 Å². The topological polar surface area (TPSA) is 74.1 Å². The minimum atomic E-state index is -0.500. The molecule has 0 aliphatic carbocycles. The minimum Gasteiger partial charge on any atom is -0.493 e. The molecular weight excluding hydrogens is 478 g/mol. The number of fused-ring (bicyclic) bond motifs is 1. The lowest BCUT2D eigenvalue weighted by Gasteiger charge is -2.12. The van der Waals surface area contributed by atoms with E-state index >= 15 is 0 Å². The number of hydrogen-bond acceptors (Lipinski definition) is 6. The Morgan fingerprint density at radius 3 is 2.37 bits per heavy atom. The highest BCUT2D eigenvalue weighted by molar-refractivity contribution is 5.79. The zero-order valence-corrected chi connectivity index (χ0v) is 21.4. The summed E-state index contributed by atoms with van der Waals surface area (Å²) in [5, 5.41) is 3.55. The molecule has 5 rings (SSSR count). The summed E-state index contributed by atoms with van der Waals surface area (Å²) < 4.78 is 18.7. The van der Waals surface area contributed by atoms with Crippen LogP contribution in [-0.2, 0) is 22.7 Å². The molecule has 0 bridgehead atoms. The molecule has 7 nitrogen and oxygen atoms in total. The number of aromatic nitrogens is 2. The number of benzene rings is 3. The molecule has 2 aromatic heterocycles. The number of imidazole rings is 1. The van der Waals surface area contributed by atoms with Gasteiger partial charge in [0, 0.05) is 18.3 Å². The number of pyridine rings is 1. The Morgan fingerprint density at radius 2 is 1.63 bits per heavy atom. The molecule has 0 fully saturated rings. The molecule has 0 unspecified atom stereocenters. The van der Waals surface area contributed by atoms with Crippen LogP contribution in [0.15, 0.2) is 97.2 Å². The summed E-state index contributed by atoms with van der Waals surface area (Å²) in [6.07, 6.45) is 2.01. The van der Waals surface area contributed by atoms with E-state index in [-0.39, 0.29) is 6.61 Å². The van der Waals surface area contributed by atoms with Crippen LogP contribution in [0.25, 0.3) is 16.9 Å². The fourth-order valence-corrected chi connectivity index (χ4v) is 4.18. The number of ether oxygens (including phenoxy) is 3. The summed E-state index contributed by atoms with van der Waals surface area (Å²) in [6, 6.07) is 29.4. The number of esters is 1. The number of carbonyl (C=O) groups is 1. The second-order valence-corrected chi connectivity index (χ2v) is 8.90. The Bertz CT molecular complexity index is 1530. The van der Waals surface area contributed by atoms with E-state index in [4.69, 9.17) is 19.2 Å². The van der Waals surface area contributed by atoms with Gasteiger partial charge in [-0.15, -0.1) is 0 Å². The second-order valence-electron chi connectivity index (χ2n) is 8.90. The zero-order valence-electron chi connectivity index (χ0n) is 21.4. The summed E-state index contributed by atoms with van der Waals surface area (Å²) in [6.45, 7) is 2.85. The van der Waals surface area contributed by atoms with Gasteiger partial charge in [0.25, 0.3) is 0 Å². The van der Waals surface area contributed by atoms with E-state index in [1.807, 2.05) is 84.3 Å². The third-order valence-corrected chi connectivity index (χ3v) is 6.08. The second kappa shape index (κ2) is 11.6. The van der Waals surface area contributed by atoms with Gasteiger partial charge in [-0.25, -0.2) is 9.78 Å². The molecule has 0 spiro atoms. The Balaban J connectivity index is 1.36. The van der Waals surface area contributed by atoms with Gasteiger partial charge in [-0.2, -0.15) is 0 Å². The molecule has 0 saturated heterocycles. The lowest BCUT2D eigenvalue weighted by molar-refractivity contribution is -0.140. The Labute approximate surface area is 221 Å². The predicted octanol–water partition coefficient (Wildman–Crippen LogP) is 6.05. The summed E-state index contributed by atoms with van der Waals surface area (Å²) in [4.78, 5) is 17.3. The van der Waals surface area contributed by atoms with E-state index in [0.29, 0.717) is 24.7 Å². The number of nitrogens with one attached hydrogen (secondary N) is 1. The first-order chi connectivity index (χ1) is 18.6. The third-order valence-electron chi connectivity index (χ3n) is 6.08. The van der Waals surface area contributed by atoms with Gasteiger partial charge in [-0.3, -0.25) is 4.40 Å². The van der Waals surface area contributed by atoms with Crippen molar-refractivity contribution in [2.24, 2.45) is 0 Å². The molecule has 0 aliphatic heterocycles. The van der Waals surface area contributed by atoms with Crippen LogP contribution >= 0.6 is 0 Å². The third kappa shape index (κ3) is 5.85. The van der Waals surface area contributed by atoms with Crippen LogP contribution in [-0.4, -0.2) is 29.1 Å². The fourth-order valence-electron chi connectivity index (χ4n) is 4.18. The van der Waals surface area contributed by atoms with E-state index in [1.54, 1.807) is 13.2 Å². The molecule has 0 radical (unpaired) electrons. The van der Waals surface area contributed by atoms with Crippen molar-refractivity contribution in [2.75, 3.05) is 19.0 Å². The highest BCUT2D eigenvalue weighted by Gasteiger charge is 2.18. The van der Waals surface area contributed by atoms with E-state index < -0.39 is 5.97 Å². The Hall–Kier alpha value is -4.62. The molecule has 38 heavy (non-hydrogen) atoms. The molecule has 0 amide bonds. The van der Waals surface area contributed by atoms with Gasteiger partial charge >= 0.3 is 5.97 Å². The van der Waals surface area contributed by atoms with Gasteiger partial charge in [0.05, 0.1) is 13.7 Å². The maximum atomic E-state index is 12.4. The van der Waals surface area contributed by atoms with Crippen molar-refractivity contribution < 1.29 is 19.0 Å². The average Bonchev–Trinajstić information content (AvgIpc) is 3.30. The first kappa shape index (κ1) is 25.0. The zero-order chi connectivity index (χ0) is 26.3. The van der Waals surface area contributed by atoms with Crippen LogP contribution in [0.2, 0.25) is 0 Å². The number of aryl methyl sites for hydroxylation is 1. The maximum Gasteiger partial charge on any atom is 0.337 e. The Morgan fingerprint density at radius 1 is 0.895 bits per heavy atom. The summed E-state index contributed by atoms with van der Waals surface area (Å²) in [5.41, 5.74) is 5.71. The quantitative estimate of drug-likeness (QED) is 0.183. The molecular formula is C31H29N3O4. The largest absolute Gasteiger partial charge is 0.493 e. The molecule has 7 heteroatoms. The first-order valence-electron chi connectivity index (χ1n) is 12.4. The van der Waals surface area contributed by atoms with Gasteiger partial charge in [0.15, 0.2) is 11.5 Å². The van der Waals surface area contributed by atoms with Gasteiger partial charge in [-0.1, -0.05) is 60.7 Å². The van der Waals surface area contributed by atoms with Crippen molar-refractivity contribution in [1.29, 1.82) is 0 Å². The van der Waals surface area contributed by atoms with E-state index in [2.05, 4.69) is 23.5 Å². The number of anilines is 1. The number of methoxy groups -OCH3 is 1. The van der Waals surface area contributed by atoms with E-state index in [0.717, 1.165) is 39.4 Å². The fraction of sp³-hybridized carbons (Fsp3) is 0.161. The van der Waals surface area contributed by atoms with Crippen molar-refractivity contribution in [3.8, 4) is 22.8 Å². The molecule has 192 valence electrons. The van der Waals surface area contributed by atoms with Crippen molar-refractivity contribution in [3.05, 3.63) is 114 Å². The molecule has 0 saturated carbocycles. The maximum absolute atomic E-state index is 12.4. The van der Waals surface area contributed by atoms with Gasteiger partial charge in [0.2, 0.25) is 0 Å². The van der Waals surface area contributed by atoms with E-state index in [9.17, 15) is 4.79 Å². The predicted molar refractivity (Wildman–Crippen MR) is 147 cm³/mol. The van der Waals surface area contributed by atoms with Crippen LogP contribution in [0.1, 0.15) is 16.7 Å². The number of nitrogens with zero attached hydrogens (tertiary/aromatic N) is 2. The average molecular weight is 508 g/mol. The summed E-state index contributed by atoms with van der Waals surface area (Å²) in [5.74, 6) is 1.12. The van der Waals surface area contributed by atoms with Crippen LogP contribution in [0.5, 0.6) is 11.5 Å². The normalized spacial score (nSPS) is 10.9. The highest BCUT2D eigenvalue weighted by Crippen LogP contribution is 2.36. The molecule has 1 N–H and O–H groups in total. The van der Waals surface area contributed by atoms with Crippen molar-refractivity contribution in [1.82, 2.24) is 9.38 Å². The first-order valence-corrected chi connectivity index (χ1v) is 12.4. The molecule has 0 atom stereocenters. The molecule has 3 aromatic carbocycles. The van der Waals surface area contributed by atoms with E-state index in [1.165, 1.54) is 0 Å². The van der Waals surface area contributed by atoms with Crippen LogP contribution in [0.3, 0.4) is 0 Å². The number of hydrogen-bond donors (Lipinski definition) is 1. The number of rotatable bonds is 10. The summed E-state index contributed by atoms with van der Waals surface area (Å²) in [7, 11) is 1.55. The molecule has 0 aliphatic rings. The molecule has 2 heterocycles. The highest BCUT2D eigenvalue weighted by atomic mass is 16.6. The minimum absolute atomic E-state index is 0.168. The van der Waals surface area contributed by atoms with Crippen LogP contribution in [0.4, 0.5) is 5.82 Å². The van der Waals surface area contributed by atoms with Gasteiger partial charge in [-0.05, 0) is 53.9 Å². The SMILES string of the molecule is COc1cc(-c2nc3cc(C)ccn3c2NCc2ccccc2)ccc1OC(=O)COCc1ccccc1. The van der Waals surface area contributed by atoms with Gasteiger partial charge < -0.3 is 19.5 Å².